The van der Waals surface area contributed by atoms with Crippen molar-refractivity contribution in [3.8, 4) is 0 Å². The smallest absolute Gasteiger partial charge is 0.265 e. The Morgan fingerprint density at radius 2 is 2.31 bits per heavy atom. The molecular formula is C7H14N4O2. The standard InChI is InChI=1S/C7H14N4O2/c1-11(2)7-9-6(13-10-7)5(8)3-4-12/h5,12H,3-4,8H2,1-2H3. The van der Waals surface area contributed by atoms with Gasteiger partial charge in [0.2, 0.25) is 5.89 Å². The number of nitrogens with two attached hydrogens (primary N) is 1. The molecule has 1 heterocycles. The molecule has 0 saturated carbocycles. The van der Waals surface area contributed by atoms with Crippen LogP contribution in [0.25, 0.3) is 0 Å². The molecule has 13 heavy (non-hydrogen) atoms. The van der Waals surface area contributed by atoms with Gasteiger partial charge in [-0.15, -0.1) is 0 Å². The molecule has 0 amide bonds. The molecule has 6 heteroatoms. The summed E-state index contributed by atoms with van der Waals surface area (Å²) < 4.78 is 4.90. The summed E-state index contributed by atoms with van der Waals surface area (Å²) in [5.74, 6) is 0.848. The van der Waals surface area contributed by atoms with E-state index < -0.39 is 0 Å². The number of hydrogen-bond donors (Lipinski definition) is 2. The van der Waals surface area contributed by atoms with E-state index in [1.54, 1.807) is 4.90 Å². The van der Waals surface area contributed by atoms with Crippen LogP contribution in [0.3, 0.4) is 0 Å². The van der Waals surface area contributed by atoms with Crippen molar-refractivity contribution < 1.29 is 9.63 Å². The maximum absolute atomic E-state index is 8.63. The van der Waals surface area contributed by atoms with E-state index in [9.17, 15) is 0 Å². The number of nitrogens with zero attached hydrogens (tertiary/aromatic N) is 3. The average molecular weight is 186 g/mol. The summed E-state index contributed by atoms with van der Waals surface area (Å²) in [6.07, 6.45) is 0.426. The van der Waals surface area contributed by atoms with Gasteiger partial charge in [-0.3, -0.25) is 0 Å². The first-order valence-corrected chi connectivity index (χ1v) is 4.02. The molecule has 1 rings (SSSR count). The largest absolute Gasteiger partial charge is 0.396 e. The maximum Gasteiger partial charge on any atom is 0.265 e. The van der Waals surface area contributed by atoms with Crippen LogP contribution in [0.4, 0.5) is 5.95 Å². The van der Waals surface area contributed by atoms with Crippen LogP contribution in [0.2, 0.25) is 0 Å². The lowest BCUT2D eigenvalue weighted by atomic mass is 10.2. The van der Waals surface area contributed by atoms with Gasteiger partial charge in [-0.1, -0.05) is 0 Å². The number of aromatic nitrogens is 2. The van der Waals surface area contributed by atoms with Gasteiger partial charge in [0, 0.05) is 20.7 Å². The fourth-order valence-electron chi connectivity index (χ4n) is 0.822. The number of aliphatic hydroxyl groups excluding tert-OH is 1. The molecule has 0 bridgehead atoms. The Morgan fingerprint density at radius 1 is 1.62 bits per heavy atom. The minimum absolute atomic E-state index is 0.0147. The van der Waals surface area contributed by atoms with Gasteiger partial charge in [0.15, 0.2) is 0 Å². The van der Waals surface area contributed by atoms with Gasteiger partial charge in [-0.25, -0.2) is 0 Å². The zero-order chi connectivity index (χ0) is 9.84. The third-order valence-corrected chi connectivity index (χ3v) is 1.59. The molecule has 6 nitrogen and oxygen atoms in total. The Kier molecular flexibility index (Phi) is 3.21. The molecule has 0 radical (unpaired) electrons. The monoisotopic (exact) mass is 186 g/mol. The highest BCUT2D eigenvalue weighted by Crippen LogP contribution is 2.13. The van der Waals surface area contributed by atoms with Crippen LogP contribution in [0.5, 0.6) is 0 Å². The predicted octanol–water partition coefficient (Wildman–Crippen LogP) is -0.482. The summed E-state index contributed by atoms with van der Waals surface area (Å²) in [5.41, 5.74) is 5.64. The molecule has 1 atom stereocenters. The van der Waals surface area contributed by atoms with Crippen molar-refractivity contribution in [2.24, 2.45) is 5.73 Å². The van der Waals surface area contributed by atoms with Crippen LogP contribution in [0.15, 0.2) is 4.52 Å². The summed E-state index contributed by atoms with van der Waals surface area (Å²) in [6, 6.07) is -0.383. The van der Waals surface area contributed by atoms with Crippen molar-refractivity contribution in [2.45, 2.75) is 12.5 Å². The first-order chi connectivity index (χ1) is 6.15. The predicted molar refractivity (Wildman–Crippen MR) is 47.3 cm³/mol. The number of rotatable bonds is 4. The Bertz CT molecular complexity index is 261. The molecule has 0 aliphatic carbocycles. The molecule has 0 aliphatic heterocycles. The molecule has 0 spiro atoms. The second-order valence-corrected chi connectivity index (χ2v) is 2.95. The Morgan fingerprint density at radius 3 is 2.77 bits per heavy atom. The second-order valence-electron chi connectivity index (χ2n) is 2.95. The average Bonchev–Trinajstić information content (AvgIpc) is 2.52. The number of anilines is 1. The van der Waals surface area contributed by atoms with E-state index in [0.29, 0.717) is 18.3 Å². The minimum atomic E-state index is -0.383. The van der Waals surface area contributed by atoms with Gasteiger partial charge in [-0.2, -0.15) is 4.98 Å². The molecule has 3 N–H and O–H groups in total. The Labute approximate surface area is 76.3 Å². The van der Waals surface area contributed by atoms with Crippen molar-refractivity contribution in [3.05, 3.63) is 5.89 Å². The number of aliphatic hydroxyl groups is 1. The van der Waals surface area contributed by atoms with Crippen LogP contribution in [-0.2, 0) is 0 Å². The van der Waals surface area contributed by atoms with Crippen molar-refractivity contribution in [3.63, 3.8) is 0 Å². The van der Waals surface area contributed by atoms with Gasteiger partial charge in [0.25, 0.3) is 5.95 Å². The summed E-state index contributed by atoms with van der Waals surface area (Å²) in [6.45, 7) is 0.0147. The molecule has 1 aromatic rings. The van der Waals surface area contributed by atoms with E-state index in [1.165, 1.54) is 0 Å². The van der Waals surface area contributed by atoms with Crippen molar-refractivity contribution in [1.82, 2.24) is 10.1 Å². The summed E-state index contributed by atoms with van der Waals surface area (Å²) >= 11 is 0. The molecule has 1 unspecified atom stereocenters. The first kappa shape index (κ1) is 9.94. The van der Waals surface area contributed by atoms with E-state index in [4.69, 9.17) is 15.4 Å². The summed E-state index contributed by atoms with van der Waals surface area (Å²) in [4.78, 5) is 5.76. The highest BCUT2D eigenvalue weighted by molar-refractivity contribution is 5.23. The van der Waals surface area contributed by atoms with Crippen molar-refractivity contribution in [2.75, 3.05) is 25.6 Å². The maximum atomic E-state index is 8.63. The van der Waals surface area contributed by atoms with Crippen LogP contribution in [0, 0.1) is 0 Å². The lowest BCUT2D eigenvalue weighted by Crippen LogP contribution is -2.14. The molecule has 0 aromatic carbocycles. The first-order valence-electron chi connectivity index (χ1n) is 4.02. The molecule has 74 valence electrons. The number of hydrogen-bond acceptors (Lipinski definition) is 6. The minimum Gasteiger partial charge on any atom is -0.396 e. The summed E-state index contributed by atoms with van der Waals surface area (Å²) in [7, 11) is 3.62. The van der Waals surface area contributed by atoms with Gasteiger partial charge >= 0.3 is 0 Å². The van der Waals surface area contributed by atoms with E-state index in [-0.39, 0.29) is 12.6 Å². The summed E-state index contributed by atoms with van der Waals surface area (Å²) in [5, 5.41) is 12.3. The molecular weight excluding hydrogens is 172 g/mol. The SMILES string of the molecule is CN(C)c1noc(C(N)CCO)n1. The fourth-order valence-corrected chi connectivity index (χ4v) is 0.822. The van der Waals surface area contributed by atoms with Crippen LogP contribution >= 0.6 is 0 Å². The van der Waals surface area contributed by atoms with Crippen LogP contribution in [0.1, 0.15) is 18.4 Å². The molecule has 0 fully saturated rings. The molecule has 0 saturated heterocycles. The van der Waals surface area contributed by atoms with Crippen molar-refractivity contribution in [1.29, 1.82) is 0 Å². The van der Waals surface area contributed by atoms with E-state index in [1.807, 2.05) is 14.1 Å². The fraction of sp³-hybridized carbons (Fsp3) is 0.714. The molecule has 1 aromatic heterocycles. The third-order valence-electron chi connectivity index (χ3n) is 1.59. The zero-order valence-corrected chi connectivity index (χ0v) is 7.77. The quantitative estimate of drug-likeness (QED) is 0.660. The normalized spacial score (nSPS) is 12.9. The van der Waals surface area contributed by atoms with Gasteiger partial charge in [0.05, 0.1) is 6.04 Å². The molecule has 0 aliphatic rings. The van der Waals surface area contributed by atoms with Gasteiger partial charge in [0.1, 0.15) is 0 Å². The third kappa shape index (κ3) is 2.40. The topological polar surface area (TPSA) is 88.4 Å². The van der Waals surface area contributed by atoms with Crippen LogP contribution in [-0.4, -0.2) is 35.9 Å². The Balaban J connectivity index is 2.67. The highest BCUT2D eigenvalue weighted by Gasteiger charge is 2.14. The van der Waals surface area contributed by atoms with Gasteiger partial charge < -0.3 is 20.3 Å². The van der Waals surface area contributed by atoms with Gasteiger partial charge in [-0.05, 0) is 11.6 Å². The van der Waals surface area contributed by atoms with Crippen molar-refractivity contribution >= 4 is 5.95 Å². The zero-order valence-electron chi connectivity index (χ0n) is 7.77. The van der Waals surface area contributed by atoms with E-state index in [2.05, 4.69) is 10.1 Å². The van der Waals surface area contributed by atoms with E-state index in [0.717, 1.165) is 0 Å². The van der Waals surface area contributed by atoms with Crippen LogP contribution < -0.4 is 10.6 Å². The lowest BCUT2D eigenvalue weighted by Gasteiger charge is -2.04. The Hall–Kier alpha value is -1.14. The van der Waals surface area contributed by atoms with E-state index >= 15 is 0 Å². The highest BCUT2D eigenvalue weighted by atomic mass is 16.5. The lowest BCUT2D eigenvalue weighted by molar-refractivity contribution is 0.259. The second kappa shape index (κ2) is 4.20.